The van der Waals surface area contributed by atoms with Crippen LogP contribution in [0.25, 0.3) is 0 Å². The molecule has 1 aromatic heterocycles. The van der Waals surface area contributed by atoms with E-state index in [4.69, 9.17) is 4.74 Å². The van der Waals surface area contributed by atoms with Crippen LogP contribution in [0.2, 0.25) is 0 Å². The summed E-state index contributed by atoms with van der Waals surface area (Å²) in [5, 5.41) is 2.42. The van der Waals surface area contributed by atoms with Gasteiger partial charge in [0.15, 0.2) is 5.60 Å². The highest BCUT2D eigenvalue weighted by Crippen LogP contribution is 2.46. The lowest BCUT2D eigenvalue weighted by Crippen LogP contribution is -2.47. The number of carbonyl (C=O) groups excluding carboxylic acids is 1. The van der Waals surface area contributed by atoms with Crippen molar-refractivity contribution in [3.8, 4) is 0 Å². The van der Waals surface area contributed by atoms with Gasteiger partial charge in [-0.1, -0.05) is 6.92 Å². The van der Waals surface area contributed by atoms with E-state index in [9.17, 15) is 22.8 Å². The van der Waals surface area contributed by atoms with Crippen LogP contribution < -0.4 is 10.9 Å². The Morgan fingerprint density at radius 2 is 2.14 bits per heavy atom. The summed E-state index contributed by atoms with van der Waals surface area (Å²) in [5.74, 6) is -1.53. The molecule has 1 fully saturated rings. The third kappa shape index (κ3) is 2.87. The van der Waals surface area contributed by atoms with Crippen LogP contribution in [0.4, 0.5) is 18.9 Å². The average molecular weight is 318 g/mol. The fraction of sp³-hybridized carbons (Fsp3) is 0.571. The topological polar surface area (TPSA) is 60.3 Å². The molecule has 3 atom stereocenters. The number of rotatable bonds is 2. The van der Waals surface area contributed by atoms with Crippen molar-refractivity contribution in [3.63, 3.8) is 0 Å². The number of alkyl halides is 3. The summed E-state index contributed by atoms with van der Waals surface area (Å²) < 4.78 is 45.5. The summed E-state index contributed by atoms with van der Waals surface area (Å²) >= 11 is 0. The van der Waals surface area contributed by atoms with Gasteiger partial charge >= 0.3 is 6.18 Å². The molecular formula is C14H17F3N2O3. The lowest BCUT2D eigenvalue weighted by molar-refractivity contribution is -0.272. The second kappa shape index (κ2) is 5.42. The Morgan fingerprint density at radius 3 is 2.64 bits per heavy atom. The molecule has 0 bridgehead atoms. The van der Waals surface area contributed by atoms with Crippen molar-refractivity contribution >= 4 is 11.6 Å². The number of amides is 1. The third-order valence-corrected chi connectivity index (χ3v) is 4.12. The van der Waals surface area contributed by atoms with E-state index in [0.717, 1.165) is 6.92 Å². The van der Waals surface area contributed by atoms with Crippen molar-refractivity contribution in [1.82, 2.24) is 4.57 Å². The minimum Gasteiger partial charge on any atom is -0.352 e. The Balaban J connectivity index is 2.12. The predicted molar refractivity (Wildman–Crippen MR) is 73.4 cm³/mol. The predicted octanol–water partition coefficient (Wildman–Crippen LogP) is 2.07. The summed E-state index contributed by atoms with van der Waals surface area (Å²) in [6.07, 6.45) is -4.34. The van der Waals surface area contributed by atoms with Crippen molar-refractivity contribution < 1.29 is 22.7 Å². The van der Waals surface area contributed by atoms with Crippen LogP contribution in [0.5, 0.6) is 0 Å². The molecule has 122 valence electrons. The number of hydrogen-bond acceptors (Lipinski definition) is 3. The van der Waals surface area contributed by atoms with Crippen LogP contribution in [-0.4, -0.2) is 28.4 Å². The smallest absolute Gasteiger partial charge is 0.352 e. The Morgan fingerprint density at radius 1 is 1.50 bits per heavy atom. The van der Waals surface area contributed by atoms with E-state index in [-0.39, 0.29) is 17.7 Å². The molecule has 1 saturated heterocycles. The summed E-state index contributed by atoms with van der Waals surface area (Å²) in [4.78, 5) is 23.5. The van der Waals surface area contributed by atoms with Crippen LogP contribution in [0.3, 0.4) is 0 Å². The maximum atomic E-state index is 13.1. The summed E-state index contributed by atoms with van der Waals surface area (Å²) in [6.45, 7) is 2.35. The standard InChI is InChI=1S/C14H17F3N2O3/c1-8-6-10(22-13(8,2)14(15,16)17)12(21)18-9-4-5-19(3)11(20)7-9/h4-5,7-8,10H,6H2,1-3H3,(H,18,21)/t8-,10?,13+/m0/s1. The Bertz CT molecular complexity index is 641. The molecule has 1 aromatic rings. The minimum absolute atomic E-state index is 0.0350. The maximum Gasteiger partial charge on any atom is 0.417 e. The number of anilines is 1. The first-order valence-electron chi connectivity index (χ1n) is 6.76. The highest BCUT2D eigenvalue weighted by molar-refractivity contribution is 5.94. The number of hydrogen-bond donors (Lipinski definition) is 1. The molecule has 2 heterocycles. The van der Waals surface area contributed by atoms with Gasteiger partial charge < -0.3 is 14.6 Å². The first-order valence-corrected chi connectivity index (χ1v) is 6.76. The second-order valence-electron chi connectivity index (χ2n) is 5.70. The van der Waals surface area contributed by atoms with E-state index in [1.54, 1.807) is 7.05 Å². The SMILES string of the molecule is C[C@H]1CC(C(=O)Nc2ccn(C)c(=O)c2)O[C@@]1(C)C(F)(F)F. The van der Waals surface area contributed by atoms with Gasteiger partial charge in [0.1, 0.15) is 6.10 Å². The van der Waals surface area contributed by atoms with E-state index < -0.39 is 29.7 Å². The fourth-order valence-electron chi connectivity index (χ4n) is 2.36. The van der Waals surface area contributed by atoms with Crippen LogP contribution >= 0.6 is 0 Å². The summed E-state index contributed by atoms with van der Waals surface area (Å²) in [7, 11) is 1.55. The van der Waals surface area contributed by atoms with Gasteiger partial charge in [-0.25, -0.2) is 0 Å². The van der Waals surface area contributed by atoms with Gasteiger partial charge in [-0.2, -0.15) is 13.2 Å². The van der Waals surface area contributed by atoms with Crippen molar-refractivity contribution in [1.29, 1.82) is 0 Å². The first kappa shape index (κ1) is 16.5. The van der Waals surface area contributed by atoms with Crippen LogP contribution in [0, 0.1) is 5.92 Å². The average Bonchev–Trinajstić information content (AvgIpc) is 2.71. The molecule has 0 spiro atoms. The number of carbonyl (C=O) groups is 1. The number of pyridine rings is 1. The number of ether oxygens (including phenoxy) is 1. The Hall–Kier alpha value is -1.83. The molecule has 1 unspecified atom stereocenters. The molecule has 8 heteroatoms. The summed E-state index contributed by atoms with van der Waals surface area (Å²) in [6, 6.07) is 2.68. The normalized spacial score (nSPS) is 28.6. The number of aromatic nitrogens is 1. The number of halogens is 3. The molecule has 1 aliphatic heterocycles. The van der Waals surface area contributed by atoms with E-state index in [1.165, 1.54) is 29.8 Å². The zero-order chi connectivity index (χ0) is 16.7. The molecular weight excluding hydrogens is 301 g/mol. The van der Waals surface area contributed by atoms with Gasteiger partial charge in [0.2, 0.25) is 0 Å². The van der Waals surface area contributed by atoms with Gasteiger partial charge in [0, 0.05) is 25.0 Å². The highest BCUT2D eigenvalue weighted by atomic mass is 19.4. The van der Waals surface area contributed by atoms with Gasteiger partial charge in [-0.05, 0) is 25.3 Å². The molecule has 1 aliphatic rings. The van der Waals surface area contributed by atoms with E-state index in [0.29, 0.717) is 0 Å². The van der Waals surface area contributed by atoms with E-state index >= 15 is 0 Å². The molecule has 0 aliphatic carbocycles. The molecule has 22 heavy (non-hydrogen) atoms. The largest absolute Gasteiger partial charge is 0.417 e. The molecule has 1 amide bonds. The highest BCUT2D eigenvalue weighted by Gasteiger charge is 2.61. The second-order valence-corrected chi connectivity index (χ2v) is 5.70. The third-order valence-electron chi connectivity index (χ3n) is 4.12. The zero-order valence-corrected chi connectivity index (χ0v) is 12.4. The quantitative estimate of drug-likeness (QED) is 0.908. The van der Waals surface area contributed by atoms with Crippen molar-refractivity contribution in [2.24, 2.45) is 13.0 Å². The number of aryl methyl sites for hydroxylation is 1. The molecule has 0 aromatic carbocycles. The van der Waals surface area contributed by atoms with Crippen LogP contribution in [-0.2, 0) is 16.6 Å². The number of nitrogens with zero attached hydrogens (tertiary/aromatic N) is 1. The lowest BCUT2D eigenvalue weighted by Gasteiger charge is -2.30. The van der Waals surface area contributed by atoms with Gasteiger partial charge in [-0.3, -0.25) is 9.59 Å². The Labute approximate surface area is 125 Å². The van der Waals surface area contributed by atoms with Crippen molar-refractivity contribution in [2.45, 2.75) is 38.1 Å². The van der Waals surface area contributed by atoms with E-state index in [1.807, 2.05) is 0 Å². The fourth-order valence-corrected chi connectivity index (χ4v) is 2.36. The monoisotopic (exact) mass is 318 g/mol. The molecule has 0 saturated carbocycles. The van der Waals surface area contributed by atoms with Gasteiger partial charge in [-0.15, -0.1) is 0 Å². The molecule has 2 rings (SSSR count). The minimum atomic E-state index is -4.55. The lowest BCUT2D eigenvalue weighted by atomic mass is 9.89. The van der Waals surface area contributed by atoms with Crippen molar-refractivity contribution in [2.75, 3.05) is 5.32 Å². The summed E-state index contributed by atoms with van der Waals surface area (Å²) in [5.41, 5.74) is -2.45. The van der Waals surface area contributed by atoms with Crippen LogP contribution in [0.15, 0.2) is 23.1 Å². The Kier molecular flexibility index (Phi) is 4.08. The first-order chi connectivity index (χ1) is 10.0. The van der Waals surface area contributed by atoms with Gasteiger partial charge in [0.05, 0.1) is 0 Å². The molecule has 5 nitrogen and oxygen atoms in total. The zero-order valence-electron chi connectivity index (χ0n) is 12.4. The van der Waals surface area contributed by atoms with E-state index in [2.05, 4.69) is 5.32 Å². The van der Waals surface area contributed by atoms with Gasteiger partial charge in [0.25, 0.3) is 11.5 Å². The van der Waals surface area contributed by atoms with Crippen molar-refractivity contribution in [3.05, 3.63) is 28.7 Å². The molecule has 0 radical (unpaired) electrons. The molecule has 1 N–H and O–H groups in total. The maximum absolute atomic E-state index is 13.1. The van der Waals surface area contributed by atoms with Crippen LogP contribution in [0.1, 0.15) is 20.3 Å². The number of nitrogens with one attached hydrogen (secondary N) is 1.